The molecule has 0 atom stereocenters. The molecular formula is C8H8N4S. The maximum absolute atomic E-state index is 4.18. The third-order valence-electron chi connectivity index (χ3n) is 1.71. The second-order valence-corrected chi connectivity index (χ2v) is 2.98. The van der Waals surface area contributed by atoms with E-state index in [-0.39, 0.29) is 0 Å². The normalized spacial score (nSPS) is 10.5. The van der Waals surface area contributed by atoms with Gasteiger partial charge in [-0.3, -0.25) is 0 Å². The number of hydrogen-bond donors (Lipinski definition) is 1. The molecule has 0 bridgehead atoms. The van der Waals surface area contributed by atoms with Gasteiger partial charge in [-0.25, -0.2) is 15.0 Å². The van der Waals surface area contributed by atoms with Crippen LogP contribution in [0.15, 0.2) is 30.3 Å². The highest BCUT2D eigenvalue weighted by Gasteiger charge is 2.05. The lowest BCUT2D eigenvalue weighted by atomic mass is 10.5. The maximum atomic E-state index is 4.18. The van der Waals surface area contributed by atoms with Crippen molar-refractivity contribution in [3.05, 3.63) is 25.3 Å². The first-order chi connectivity index (χ1) is 6.33. The van der Waals surface area contributed by atoms with Crippen LogP contribution in [0.3, 0.4) is 0 Å². The second kappa shape index (κ2) is 3.18. The molecule has 5 heteroatoms. The SMILES string of the molecule is C=CCn1cnc2c(S)ncnc21. The predicted molar refractivity (Wildman–Crippen MR) is 52.8 cm³/mol. The number of rotatable bonds is 2. The van der Waals surface area contributed by atoms with Gasteiger partial charge in [0.25, 0.3) is 0 Å². The molecule has 2 aromatic heterocycles. The van der Waals surface area contributed by atoms with Crippen LogP contribution in [0.4, 0.5) is 0 Å². The summed E-state index contributed by atoms with van der Waals surface area (Å²) in [6.07, 6.45) is 4.98. The van der Waals surface area contributed by atoms with Crippen molar-refractivity contribution in [2.45, 2.75) is 11.6 Å². The minimum Gasteiger partial charge on any atom is -0.311 e. The summed E-state index contributed by atoms with van der Waals surface area (Å²) in [6, 6.07) is 0. The number of allylic oxidation sites excluding steroid dienone is 1. The summed E-state index contributed by atoms with van der Waals surface area (Å²) in [5.41, 5.74) is 1.52. The smallest absolute Gasteiger partial charge is 0.164 e. The molecule has 4 nitrogen and oxygen atoms in total. The number of thiol groups is 1. The van der Waals surface area contributed by atoms with Crippen LogP contribution in [-0.2, 0) is 6.54 Å². The number of nitrogens with zero attached hydrogens (tertiary/aromatic N) is 4. The molecule has 2 rings (SSSR count). The van der Waals surface area contributed by atoms with E-state index in [1.54, 1.807) is 12.4 Å². The first-order valence-corrected chi connectivity index (χ1v) is 4.23. The van der Waals surface area contributed by atoms with Gasteiger partial charge in [0, 0.05) is 6.54 Å². The zero-order chi connectivity index (χ0) is 9.26. The molecule has 0 radical (unpaired) electrons. The Morgan fingerprint density at radius 1 is 1.46 bits per heavy atom. The monoisotopic (exact) mass is 192 g/mol. The molecule has 66 valence electrons. The molecule has 0 saturated carbocycles. The van der Waals surface area contributed by atoms with Crippen molar-refractivity contribution < 1.29 is 0 Å². The van der Waals surface area contributed by atoms with Gasteiger partial charge in [0.2, 0.25) is 0 Å². The minimum atomic E-state index is 0.604. The van der Waals surface area contributed by atoms with Crippen molar-refractivity contribution in [2.24, 2.45) is 0 Å². The van der Waals surface area contributed by atoms with Crippen molar-refractivity contribution in [1.82, 2.24) is 19.5 Å². The largest absolute Gasteiger partial charge is 0.311 e. The van der Waals surface area contributed by atoms with Gasteiger partial charge >= 0.3 is 0 Å². The molecule has 2 heterocycles. The highest BCUT2D eigenvalue weighted by Crippen LogP contribution is 2.15. The van der Waals surface area contributed by atoms with Crippen molar-refractivity contribution >= 4 is 23.8 Å². The van der Waals surface area contributed by atoms with Crippen molar-refractivity contribution in [1.29, 1.82) is 0 Å². The average molecular weight is 192 g/mol. The minimum absolute atomic E-state index is 0.604. The molecule has 0 unspecified atom stereocenters. The van der Waals surface area contributed by atoms with Gasteiger partial charge in [-0.05, 0) is 0 Å². The van der Waals surface area contributed by atoms with E-state index in [1.807, 2.05) is 4.57 Å². The topological polar surface area (TPSA) is 43.6 Å². The molecular weight excluding hydrogens is 184 g/mol. The Balaban J connectivity index is 2.67. The Hall–Kier alpha value is -1.36. The summed E-state index contributed by atoms with van der Waals surface area (Å²) in [6.45, 7) is 4.35. The zero-order valence-electron chi connectivity index (χ0n) is 6.88. The van der Waals surface area contributed by atoms with Crippen molar-refractivity contribution in [3.8, 4) is 0 Å². The summed E-state index contributed by atoms with van der Waals surface area (Å²) in [4.78, 5) is 12.2. The quantitative estimate of drug-likeness (QED) is 0.443. The van der Waals surface area contributed by atoms with Crippen LogP contribution in [0.25, 0.3) is 11.2 Å². The molecule has 0 aromatic carbocycles. The zero-order valence-corrected chi connectivity index (χ0v) is 7.78. The predicted octanol–water partition coefficient (Wildman–Crippen LogP) is 1.30. The Morgan fingerprint density at radius 2 is 2.31 bits per heavy atom. The Kier molecular flexibility index (Phi) is 2.02. The highest BCUT2D eigenvalue weighted by molar-refractivity contribution is 7.80. The van der Waals surface area contributed by atoms with E-state index in [4.69, 9.17) is 0 Å². The summed E-state index contributed by atoms with van der Waals surface area (Å²) < 4.78 is 1.89. The first kappa shape index (κ1) is 8.25. The van der Waals surface area contributed by atoms with E-state index in [0.717, 1.165) is 11.2 Å². The summed E-state index contributed by atoms with van der Waals surface area (Å²) >= 11 is 4.18. The van der Waals surface area contributed by atoms with E-state index in [1.165, 1.54) is 6.33 Å². The van der Waals surface area contributed by atoms with Crippen LogP contribution < -0.4 is 0 Å². The molecule has 0 amide bonds. The first-order valence-electron chi connectivity index (χ1n) is 3.78. The van der Waals surface area contributed by atoms with Crippen LogP contribution in [0.2, 0.25) is 0 Å². The van der Waals surface area contributed by atoms with E-state index in [9.17, 15) is 0 Å². The standard InChI is InChI=1S/C8H8N4S/c1-2-3-12-5-11-6-7(12)9-4-10-8(6)13/h2,4-5H,1,3H2,(H,9,10,13). The van der Waals surface area contributed by atoms with Crippen LogP contribution >= 0.6 is 12.6 Å². The number of aromatic nitrogens is 4. The van der Waals surface area contributed by atoms with Crippen molar-refractivity contribution in [2.75, 3.05) is 0 Å². The lowest BCUT2D eigenvalue weighted by molar-refractivity contribution is 0.837. The number of fused-ring (bicyclic) bond motifs is 1. The molecule has 0 aliphatic carbocycles. The lowest BCUT2D eigenvalue weighted by Crippen LogP contribution is -1.94. The van der Waals surface area contributed by atoms with Gasteiger partial charge in [-0.15, -0.1) is 19.2 Å². The van der Waals surface area contributed by atoms with Crippen LogP contribution in [0.5, 0.6) is 0 Å². The van der Waals surface area contributed by atoms with E-state index in [2.05, 4.69) is 34.2 Å². The van der Waals surface area contributed by atoms with Gasteiger partial charge in [0.15, 0.2) is 5.65 Å². The lowest BCUT2D eigenvalue weighted by Gasteiger charge is -1.97. The van der Waals surface area contributed by atoms with Gasteiger partial charge in [0.1, 0.15) is 16.9 Å². The van der Waals surface area contributed by atoms with Gasteiger partial charge < -0.3 is 4.57 Å². The molecule has 0 spiro atoms. The van der Waals surface area contributed by atoms with Crippen LogP contribution in [0, 0.1) is 0 Å². The van der Waals surface area contributed by atoms with Gasteiger partial charge in [-0.2, -0.15) is 0 Å². The van der Waals surface area contributed by atoms with E-state index < -0.39 is 0 Å². The van der Waals surface area contributed by atoms with Gasteiger partial charge in [0.05, 0.1) is 6.33 Å². The summed E-state index contributed by atoms with van der Waals surface area (Å²) in [5, 5.41) is 0.604. The summed E-state index contributed by atoms with van der Waals surface area (Å²) in [7, 11) is 0. The molecule has 0 N–H and O–H groups in total. The Morgan fingerprint density at radius 3 is 3.08 bits per heavy atom. The number of hydrogen-bond acceptors (Lipinski definition) is 4. The second-order valence-electron chi connectivity index (χ2n) is 2.56. The Labute approximate surface area is 80.8 Å². The molecule has 0 aliphatic rings. The van der Waals surface area contributed by atoms with E-state index >= 15 is 0 Å². The maximum Gasteiger partial charge on any atom is 0.164 e. The molecule has 0 fully saturated rings. The van der Waals surface area contributed by atoms with Gasteiger partial charge in [-0.1, -0.05) is 6.08 Å². The summed E-state index contributed by atoms with van der Waals surface area (Å²) in [5.74, 6) is 0. The highest BCUT2D eigenvalue weighted by atomic mass is 32.1. The Bertz CT molecular complexity index is 448. The fraction of sp³-hybridized carbons (Fsp3) is 0.125. The van der Waals surface area contributed by atoms with Crippen LogP contribution in [-0.4, -0.2) is 19.5 Å². The third kappa shape index (κ3) is 1.31. The molecule has 0 aliphatic heterocycles. The average Bonchev–Trinajstić information content (AvgIpc) is 2.51. The van der Waals surface area contributed by atoms with Crippen molar-refractivity contribution in [3.63, 3.8) is 0 Å². The van der Waals surface area contributed by atoms with Crippen LogP contribution in [0.1, 0.15) is 0 Å². The molecule has 13 heavy (non-hydrogen) atoms. The fourth-order valence-electron chi connectivity index (χ4n) is 1.14. The third-order valence-corrected chi connectivity index (χ3v) is 2.03. The van der Waals surface area contributed by atoms with E-state index in [0.29, 0.717) is 11.6 Å². The molecule has 0 saturated heterocycles. The molecule has 2 aromatic rings. The fourth-order valence-corrected chi connectivity index (χ4v) is 1.35. The number of imidazole rings is 1.